The summed E-state index contributed by atoms with van der Waals surface area (Å²) >= 11 is 0. The van der Waals surface area contributed by atoms with Gasteiger partial charge in [0.1, 0.15) is 0 Å². The number of hydrogen-bond acceptors (Lipinski definition) is 0. The quantitative estimate of drug-likeness (QED) is 0.444. The fourth-order valence-electron chi connectivity index (χ4n) is 2.54. The molecule has 0 amide bonds. The van der Waals surface area contributed by atoms with Crippen molar-refractivity contribution in [3.8, 4) is 0 Å². The summed E-state index contributed by atoms with van der Waals surface area (Å²) in [5.74, 6) is 1.64. The van der Waals surface area contributed by atoms with Crippen LogP contribution >= 0.6 is 0 Å². The molecule has 0 N–H and O–H groups in total. The van der Waals surface area contributed by atoms with Crippen molar-refractivity contribution in [1.82, 2.24) is 0 Å². The van der Waals surface area contributed by atoms with Crippen molar-refractivity contribution >= 4 is 0 Å². The van der Waals surface area contributed by atoms with Crippen LogP contribution in [-0.4, -0.2) is 0 Å². The van der Waals surface area contributed by atoms with Crippen LogP contribution in [0.15, 0.2) is 60.7 Å². The summed E-state index contributed by atoms with van der Waals surface area (Å²) in [5.41, 5.74) is 0. The van der Waals surface area contributed by atoms with Gasteiger partial charge in [0.25, 0.3) is 0 Å². The molecule has 0 radical (unpaired) electrons. The van der Waals surface area contributed by atoms with Gasteiger partial charge in [-0.2, -0.15) is 61.1 Å². The second kappa shape index (κ2) is 19.6. The molecule has 0 fully saturated rings. The third-order valence-electron chi connectivity index (χ3n) is 3.68. The molecule has 0 aromatic heterocycles. The van der Waals surface area contributed by atoms with Gasteiger partial charge in [0.2, 0.25) is 0 Å². The van der Waals surface area contributed by atoms with E-state index in [4.69, 9.17) is 0 Å². The minimum absolute atomic E-state index is 0. The zero-order valence-electron chi connectivity index (χ0n) is 15.4. The van der Waals surface area contributed by atoms with Crippen molar-refractivity contribution in [2.24, 2.45) is 11.8 Å². The van der Waals surface area contributed by atoms with Crippen molar-refractivity contribution in [2.45, 2.75) is 53.4 Å². The molecule has 0 bridgehead atoms. The summed E-state index contributed by atoms with van der Waals surface area (Å²) in [7, 11) is 0. The van der Waals surface area contributed by atoms with Gasteiger partial charge in [-0.1, -0.05) is 40.5 Å². The molecule has 1 heteroatoms. The van der Waals surface area contributed by atoms with Gasteiger partial charge in [0, 0.05) is 0 Å². The number of rotatable bonds is 7. The first kappa shape index (κ1) is 24.8. The Bertz CT molecular complexity index is 288. The summed E-state index contributed by atoms with van der Waals surface area (Å²) in [6, 6.07) is 20.0. The molecule has 0 aliphatic rings. The maximum absolute atomic E-state index is 2.47. The maximum Gasteiger partial charge on any atom is 4.00 e. The van der Waals surface area contributed by atoms with Gasteiger partial charge in [-0.3, -0.25) is 0 Å². The van der Waals surface area contributed by atoms with Crippen LogP contribution < -0.4 is 0 Å². The molecule has 0 saturated heterocycles. The van der Waals surface area contributed by atoms with E-state index in [9.17, 15) is 0 Å². The zero-order valence-corrected chi connectivity index (χ0v) is 17.9. The van der Waals surface area contributed by atoms with Crippen molar-refractivity contribution in [1.29, 1.82) is 0 Å². The van der Waals surface area contributed by atoms with E-state index in [0.29, 0.717) is 0 Å². The predicted octanol–water partition coefficient (Wildman–Crippen LogP) is 7.08. The average Bonchev–Trinajstić information content (AvgIpc) is 3.28. The molecule has 0 saturated carbocycles. The zero-order chi connectivity index (χ0) is 16.5. The van der Waals surface area contributed by atoms with Crippen LogP contribution in [-0.2, 0) is 26.2 Å². The molecule has 2 atom stereocenters. The summed E-state index contributed by atoms with van der Waals surface area (Å²) in [4.78, 5) is 0. The molecular weight excluding hydrogens is 355 g/mol. The summed E-state index contributed by atoms with van der Waals surface area (Å²) < 4.78 is 0. The molecule has 2 rings (SSSR count). The molecule has 0 aliphatic carbocycles. The van der Waals surface area contributed by atoms with Gasteiger partial charge in [-0.25, -0.2) is 24.3 Å². The molecule has 126 valence electrons. The minimum Gasteiger partial charge on any atom is -0.328 e. The molecule has 2 aromatic carbocycles. The van der Waals surface area contributed by atoms with Gasteiger partial charge >= 0.3 is 26.2 Å². The normalized spacial score (nSPS) is 11.8. The van der Waals surface area contributed by atoms with Crippen LogP contribution in [0.2, 0.25) is 0 Å². The van der Waals surface area contributed by atoms with Crippen molar-refractivity contribution in [2.75, 3.05) is 0 Å². The van der Waals surface area contributed by atoms with Crippen molar-refractivity contribution in [3.63, 3.8) is 0 Å². The summed E-state index contributed by atoms with van der Waals surface area (Å²) in [6.07, 6.45) is 9.96. The van der Waals surface area contributed by atoms with E-state index in [-0.39, 0.29) is 26.2 Å². The minimum atomic E-state index is 0. The first-order valence-corrected chi connectivity index (χ1v) is 8.79. The van der Waals surface area contributed by atoms with E-state index in [1.165, 1.54) is 25.7 Å². The van der Waals surface area contributed by atoms with E-state index >= 15 is 0 Å². The Kier molecular flexibility index (Phi) is 21.2. The Hall–Kier alpha value is -0.417. The van der Waals surface area contributed by atoms with Crippen LogP contribution in [0.5, 0.6) is 0 Å². The Labute approximate surface area is 164 Å². The standard InChI is InChI=1S/C12H24.2C5H5.Zr/c1-5-9-11(7-3)12(8-4)10-6-2;2*1-2-4-5-3-1;/h9-12H,5-8H2,1-4H3;2*1-5H;/q-2;2*-1;+4. The van der Waals surface area contributed by atoms with Crippen LogP contribution in [0.1, 0.15) is 53.4 Å². The average molecular weight is 390 g/mol. The molecular formula is C22H34Zr. The fraction of sp³-hybridized carbons (Fsp3) is 0.455. The van der Waals surface area contributed by atoms with Gasteiger partial charge in [0.05, 0.1) is 0 Å². The van der Waals surface area contributed by atoms with Gasteiger partial charge in [-0.15, -0.1) is 0 Å². The van der Waals surface area contributed by atoms with Gasteiger partial charge in [0.15, 0.2) is 0 Å². The van der Waals surface area contributed by atoms with E-state index in [0.717, 1.165) is 11.8 Å². The molecule has 0 nitrogen and oxygen atoms in total. The predicted molar refractivity (Wildman–Crippen MR) is 101 cm³/mol. The molecule has 2 aromatic rings. The first-order chi connectivity index (χ1) is 10.8. The molecule has 0 aliphatic heterocycles. The third-order valence-corrected chi connectivity index (χ3v) is 3.68. The summed E-state index contributed by atoms with van der Waals surface area (Å²) in [6.45, 7) is 9.06. The van der Waals surface area contributed by atoms with Gasteiger partial charge < -0.3 is 12.8 Å². The van der Waals surface area contributed by atoms with Crippen molar-refractivity contribution < 1.29 is 26.2 Å². The van der Waals surface area contributed by atoms with Crippen LogP contribution in [0.3, 0.4) is 0 Å². The first-order valence-electron chi connectivity index (χ1n) is 8.79. The molecule has 0 heterocycles. The van der Waals surface area contributed by atoms with E-state index < -0.39 is 0 Å². The molecule has 23 heavy (non-hydrogen) atoms. The van der Waals surface area contributed by atoms with Crippen molar-refractivity contribution in [3.05, 3.63) is 73.5 Å². The fourth-order valence-corrected chi connectivity index (χ4v) is 2.54. The smallest absolute Gasteiger partial charge is 0.328 e. The topological polar surface area (TPSA) is 0 Å². The number of hydrogen-bond donors (Lipinski definition) is 0. The van der Waals surface area contributed by atoms with E-state index in [1.807, 2.05) is 60.7 Å². The van der Waals surface area contributed by atoms with Crippen LogP contribution in [0.4, 0.5) is 0 Å². The second-order valence-corrected chi connectivity index (χ2v) is 5.36. The van der Waals surface area contributed by atoms with E-state index in [1.54, 1.807) is 0 Å². The Morgan fingerprint density at radius 1 is 0.652 bits per heavy atom. The van der Waals surface area contributed by atoms with Gasteiger partial charge in [-0.05, 0) is 0 Å². The monoisotopic (exact) mass is 388 g/mol. The Morgan fingerprint density at radius 2 is 0.957 bits per heavy atom. The van der Waals surface area contributed by atoms with Crippen LogP contribution in [0.25, 0.3) is 0 Å². The Morgan fingerprint density at radius 3 is 1.09 bits per heavy atom. The molecule has 0 spiro atoms. The summed E-state index contributed by atoms with van der Waals surface area (Å²) in [5, 5.41) is 0. The maximum atomic E-state index is 2.47. The SMILES string of the molecule is CC[CH-]C(CC)C([CH-]CC)CC.[Zr+4].c1cc[cH-]c1.c1cc[cH-]c1. The second-order valence-electron chi connectivity index (χ2n) is 5.36. The van der Waals surface area contributed by atoms with E-state index in [2.05, 4.69) is 40.5 Å². The largest absolute Gasteiger partial charge is 4.00 e. The Balaban J connectivity index is 0. The molecule has 2 unspecified atom stereocenters. The third kappa shape index (κ3) is 14.9. The van der Waals surface area contributed by atoms with Crippen LogP contribution in [0, 0.1) is 24.7 Å².